The van der Waals surface area contributed by atoms with Crippen LogP contribution in [0.3, 0.4) is 0 Å². The van der Waals surface area contributed by atoms with Gasteiger partial charge in [-0.25, -0.2) is 9.97 Å². The summed E-state index contributed by atoms with van der Waals surface area (Å²) in [6.45, 7) is 1.88. The summed E-state index contributed by atoms with van der Waals surface area (Å²) in [5.41, 5.74) is 1.83. The van der Waals surface area contributed by atoms with E-state index in [4.69, 9.17) is 11.6 Å². The van der Waals surface area contributed by atoms with E-state index in [1.54, 1.807) is 0 Å². The number of nitrogens with one attached hydrogen (secondary N) is 1. The molecule has 2 aromatic rings. The summed E-state index contributed by atoms with van der Waals surface area (Å²) in [6, 6.07) is 9.88. The minimum atomic E-state index is 0.258. The topological polar surface area (TPSA) is 37.8 Å². The van der Waals surface area contributed by atoms with E-state index < -0.39 is 0 Å². The predicted molar refractivity (Wildman–Crippen MR) is 74.2 cm³/mol. The number of nitrogens with zero attached hydrogens (tertiary/aromatic N) is 2. The van der Waals surface area contributed by atoms with E-state index in [-0.39, 0.29) is 5.28 Å². The molecule has 1 aromatic heterocycles. The number of hydrogen-bond acceptors (Lipinski definition) is 3. The van der Waals surface area contributed by atoms with E-state index in [1.165, 1.54) is 3.57 Å². The zero-order valence-electron chi connectivity index (χ0n) is 8.54. The molecule has 0 saturated carbocycles. The molecule has 0 spiro atoms. The molecule has 2 rings (SSSR count). The summed E-state index contributed by atoms with van der Waals surface area (Å²) in [5.74, 6) is 0.708. The molecule has 0 aliphatic heterocycles. The summed E-state index contributed by atoms with van der Waals surface area (Å²) in [4.78, 5) is 8.11. The lowest BCUT2D eigenvalue weighted by Gasteiger charge is -2.06. The first-order valence-electron chi connectivity index (χ1n) is 4.67. The average molecular weight is 346 g/mol. The Balaban J connectivity index is 2.27. The van der Waals surface area contributed by atoms with E-state index in [1.807, 2.05) is 37.3 Å². The largest absolute Gasteiger partial charge is 0.340 e. The highest BCUT2D eigenvalue weighted by Gasteiger charge is 2.00. The molecule has 1 N–H and O–H groups in total. The van der Waals surface area contributed by atoms with Crippen molar-refractivity contribution in [3.8, 4) is 0 Å². The predicted octanol–water partition coefficient (Wildman–Crippen LogP) is 3.79. The first kappa shape index (κ1) is 11.6. The van der Waals surface area contributed by atoms with Crippen molar-refractivity contribution in [2.75, 3.05) is 5.32 Å². The molecule has 1 aromatic carbocycles. The van der Waals surface area contributed by atoms with Crippen LogP contribution >= 0.6 is 34.2 Å². The summed E-state index contributed by atoms with van der Waals surface area (Å²) >= 11 is 8.05. The van der Waals surface area contributed by atoms with Crippen molar-refractivity contribution in [2.24, 2.45) is 0 Å². The molecule has 0 amide bonds. The normalized spacial score (nSPS) is 10.2. The minimum Gasteiger partial charge on any atom is -0.340 e. The molecule has 0 aliphatic rings. The molecule has 0 radical (unpaired) electrons. The number of rotatable bonds is 2. The second-order valence-electron chi connectivity index (χ2n) is 3.30. The second-order valence-corrected chi connectivity index (χ2v) is 4.88. The lowest BCUT2D eigenvalue weighted by molar-refractivity contribution is 1.10. The lowest BCUT2D eigenvalue weighted by atomic mass is 10.3. The van der Waals surface area contributed by atoms with Gasteiger partial charge < -0.3 is 5.32 Å². The van der Waals surface area contributed by atoms with E-state index in [0.717, 1.165) is 11.4 Å². The van der Waals surface area contributed by atoms with Crippen LogP contribution in [0.15, 0.2) is 30.3 Å². The maximum absolute atomic E-state index is 5.78. The molecular weight excluding hydrogens is 336 g/mol. The number of halogens is 2. The Bertz CT molecular complexity index is 496. The van der Waals surface area contributed by atoms with Crippen LogP contribution in [0, 0.1) is 10.5 Å². The van der Waals surface area contributed by atoms with Crippen molar-refractivity contribution < 1.29 is 0 Å². The first-order chi connectivity index (χ1) is 7.63. The van der Waals surface area contributed by atoms with Crippen LogP contribution in [0.2, 0.25) is 5.28 Å². The number of anilines is 2. The highest BCUT2D eigenvalue weighted by molar-refractivity contribution is 14.1. The van der Waals surface area contributed by atoms with Crippen LogP contribution in [-0.2, 0) is 0 Å². The summed E-state index contributed by atoms with van der Waals surface area (Å²) in [5, 5.41) is 3.44. The van der Waals surface area contributed by atoms with Gasteiger partial charge in [-0.2, -0.15) is 0 Å². The van der Waals surface area contributed by atoms with Gasteiger partial charge in [-0.15, -0.1) is 0 Å². The van der Waals surface area contributed by atoms with E-state index >= 15 is 0 Å². The zero-order valence-corrected chi connectivity index (χ0v) is 11.5. The number of aryl methyl sites for hydroxylation is 1. The molecule has 0 aliphatic carbocycles. The Kier molecular flexibility index (Phi) is 3.60. The van der Waals surface area contributed by atoms with Crippen molar-refractivity contribution in [1.29, 1.82) is 0 Å². The molecule has 0 unspecified atom stereocenters. The molecule has 3 nitrogen and oxygen atoms in total. The Morgan fingerprint density at radius 1 is 1.25 bits per heavy atom. The van der Waals surface area contributed by atoms with Gasteiger partial charge in [0.25, 0.3) is 0 Å². The van der Waals surface area contributed by atoms with Crippen LogP contribution in [-0.4, -0.2) is 9.97 Å². The van der Waals surface area contributed by atoms with E-state index in [9.17, 15) is 0 Å². The van der Waals surface area contributed by atoms with Crippen molar-refractivity contribution in [2.45, 2.75) is 6.92 Å². The number of benzene rings is 1. The van der Waals surface area contributed by atoms with Crippen molar-refractivity contribution in [3.63, 3.8) is 0 Å². The highest BCUT2D eigenvalue weighted by atomic mass is 127. The smallest absolute Gasteiger partial charge is 0.224 e. The minimum absolute atomic E-state index is 0.258. The third kappa shape index (κ3) is 3.05. The van der Waals surface area contributed by atoms with Crippen LogP contribution in [0.5, 0.6) is 0 Å². The number of hydrogen-bond donors (Lipinski definition) is 1. The average Bonchev–Trinajstić information content (AvgIpc) is 2.15. The Morgan fingerprint density at radius 2 is 2.06 bits per heavy atom. The third-order valence-electron chi connectivity index (χ3n) is 1.92. The molecule has 5 heteroatoms. The molecule has 0 fully saturated rings. The molecule has 82 valence electrons. The standard InChI is InChI=1S/C11H9ClIN3/c1-7-5-10(16-11(12)14-7)15-9-4-2-3-8(13)6-9/h2-6H,1H3,(H,14,15,16). The summed E-state index contributed by atoms with van der Waals surface area (Å²) in [7, 11) is 0. The molecule has 1 heterocycles. The Hall–Kier alpha value is -0.880. The highest BCUT2D eigenvalue weighted by Crippen LogP contribution is 2.18. The second kappa shape index (κ2) is 4.97. The maximum Gasteiger partial charge on any atom is 0.224 e. The van der Waals surface area contributed by atoms with Crippen LogP contribution in [0.25, 0.3) is 0 Å². The van der Waals surface area contributed by atoms with Crippen molar-refractivity contribution in [3.05, 3.63) is 44.9 Å². The summed E-state index contributed by atoms with van der Waals surface area (Å²) in [6.07, 6.45) is 0. The quantitative estimate of drug-likeness (QED) is 0.665. The number of aromatic nitrogens is 2. The monoisotopic (exact) mass is 345 g/mol. The zero-order chi connectivity index (χ0) is 11.5. The van der Waals surface area contributed by atoms with Gasteiger partial charge in [0.1, 0.15) is 5.82 Å². The van der Waals surface area contributed by atoms with Crippen molar-refractivity contribution in [1.82, 2.24) is 9.97 Å². The Labute approximate surface area is 112 Å². The fourth-order valence-electron chi connectivity index (χ4n) is 1.31. The fourth-order valence-corrected chi connectivity index (χ4v) is 2.08. The molecule has 0 atom stereocenters. The molecule has 16 heavy (non-hydrogen) atoms. The van der Waals surface area contributed by atoms with Crippen molar-refractivity contribution >= 4 is 45.7 Å². The molecule has 0 saturated heterocycles. The molecular formula is C11H9ClIN3. The van der Waals surface area contributed by atoms with Gasteiger partial charge in [0.05, 0.1) is 0 Å². The van der Waals surface area contributed by atoms with Crippen LogP contribution in [0.1, 0.15) is 5.69 Å². The van der Waals surface area contributed by atoms with Crippen LogP contribution in [0.4, 0.5) is 11.5 Å². The SMILES string of the molecule is Cc1cc(Nc2cccc(I)c2)nc(Cl)n1. The van der Waals surface area contributed by atoms with Gasteiger partial charge in [-0.1, -0.05) is 6.07 Å². The van der Waals surface area contributed by atoms with Gasteiger partial charge in [-0.3, -0.25) is 0 Å². The fraction of sp³-hybridized carbons (Fsp3) is 0.0909. The first-order valence-corrected chi connectivity index (χ1v) is 6.13. The van der Waals surface area contributed by atoms with E-state index in [2.05, 4.69) is 37.9 Å². The van der Waals surface area contributed by atoms with Gasteiger partial charge >= 0.3 is 0 Å². The lowest BCUT2D eigenvalue weighted by Crippen LogP contribution is -1.96. The van der Waals surface area contributed by atoms with Gasteiger partial charge in [0.2, 0.25) is 5.28 Å². The van der Waals surface area contributed by atoms with Gasteiger partial charge in [0, 0.05) is 21.0 Å². The van der Waals surface area contributed by atoms with E-state index in [0.29, 0.717) is 5.82 Å². The van der Waals surface area contributed by atoms with Crippen LogP contribution < -0.4 is 5.32 Å². The van der Waals surface area contributed by atoms with Gasteiger partial charge in [0.15, 0.2) is 0 Å². The summed E-state index contributed by atoms with van der Waals surface area (Å²) < 4.78 is 1.17. The molecule has 0 bridgehead atoms. The van der Waals surface area contributed by atoms with Gasteiger partial charge in [-0.05, 0) is 59.3 Å². The maximum atomic E-state index is 5.78. The Morgan fingerprint density at radius 3 is 2.75 bits per heavy atom. The third-order valence-corrected chi connectivity index (χ3v) is 2.76.